The van der Waals surface area contributed by atoms with Crippen molar-refractivity contribution in [2.75, 3.05) is 143 Å². The van der Waals surface area contributed by atoms with Crippen molar-refractivity contribution in [3.05, 3.63) is 88.8 Å². The number of rotatable bonds is 46. The number of carbonyl (C=O) groups excluding carboxylic acids is 9. The number of hydrogen-bond acceptors (Lipinski definition) is 23. The predicted octanol–water partition coefficient (Wildman–Crippen LogP) is 5.77. The van der Waals surface area contributed by atoms with Gasteiger partial charge in [0.1, 0.15) is 37.5 Å². The van der Waals surface area contributed by atoms with Crippen LogP contribution in [0.15, 0.2) is 77.1 Å². The van der Waals surface area contributed by atoms with Crippen LogP contribution in [0.2, 0.25) is 0 Å². The van der Waals surface area contributed by atoms with Crippen LogP contribution in [0, 0.1) is 11.8 Å². The number of amides is 9. The van der Waals surface area contributed by atoms with E-state index in [4.69, 9.17) is 61.9 Å². The number of hydrogen-bond donors (Lipinski definition) is 5. The van der Waals surface area contributed by atoms with Crippen molar-refractivity contribution >= 4 is 82.5 Å². The molecule has 1 fully saturated rings. The summed E-state index contributed by atoms with van der Waals surface area (Å²) in [5.74, 6) is -2.65. The first-order chi connectivity index (χ1) is 51.1. The summed E-state index contributed by atoms with van der Waals surface area (Å²) in [6.45, 7) is 15.0. The summed E-state index contributed by atoms with van der Waals surface area (Å²) in [5.41, 5.74) is 3.87. The highest BCUT2D eigenvalue weighted by molar-refractivity contribution is 6.18. The second-order valence-electron chi connectivity index (χ2n) is 26.1. The first kappa shape index (κ1) is 82.2. The molecule has 0 bridgehead atoms. The Hall–Kier alpha value is -9.41. The van der Waals surface area contributed by atoms with Crippen LogP contribution in [0.4, 0.5) is 21.9 Å². The van der Waals surface area contributed by atoms with Gasteiger partial charge in [-0.3, -0.25) is 48.2 Å². The number of unbranched alkanes of at least 4 members (excludes halogenated alkanes) is 2. The largest absolute Gasteiger partial charge is 0.493 e. The van der Waals surface area contributed by atoms with Gasteiger partial charge in [0.25, 0.3) is 5.91 Å². The van der Waals surface area contributed by atoms with Gasteiger partial charge in [0.15, 0.2) is 29.2 Å². The molecule has 0 spiro atoms. The van der Waals surface area contributed by atoms with Crippen molar-refractivity contribution in [1.82, 2.24) is 25.8 Å². The van der Waals surface area contributed by atoms with Gasteiger partial charge < -0.3 is 83.4 Å². The molecule has 3 aromatic rings. The van der Waals surface area contributed by atoms with Crippen molar-refractivity contribution in [1.29, 1.82) is 0 Å². The van der Waals surface area contributed by atoms with E-state index in [9.17, 15) is 48.3 Å². The summed E-state index contributed by atoms with van der Waals surface area (Å²) in [5, 5.41) is 22.6. The molecule has 0 aliphatic carbocycles. The molecule has 1 saturated heterocycles. The molecule has 5 aliphatic rings. The highest BCUT2D eigenvalue weighted by Gasteiger charge is 2.48. The van der Waals surface area contributed by atoms with Crippen molar-refractivity contribution in [3.8, 4) is 23.0 Å². The third-order valence-corrected chi connectivity index (χ3v) is 17.5. The van der Waals surface area contributed by atoms with Crippen molar-refractivity contribution in [2.24, 2.45) is 16.8 Å². The maximum atomic E-state index is 14.4. The maximum Gasteiger partial charge on any atom is 0.421 e. The fraction of sp³-hybridized carbons (Fsp3) is 0.554. The number of methoxy groups -OCH3 is 2. The molecule has 32 nitrogen and oxygen atoms in total. The Morgan fingerprint density at radius 2 is 1.23 bits per heavy atom. The van der Waals surface area contributed by atoms with Gasteiger partial charge in [-0.2, -0.15) is 4.58 Å². The Balaban J connectivity index is 0.657. The van der Waals surface area contributed by atoms with Gasteiger partial charge in [-0.15, -0.1) is 0 Å². The molecule has 0 aromatic heterocycles. The van der Waals surface area contributed by atoms with Crippen molar-refractivity contribution in [3.63, 3.8) is 0 Å². The van der Waals surface area contributed by atoms with Crippen molar-refractivity contribution in [2.45, 2.75) is 124 Å². The predicted molar refractivity (Wildman–Crippen MR) is 383 cm³/mol. The molecule has 578 valence electrons. The van der Waals surface area contributed by atoms with Gasteiger partial charge in [0, 0.05) is 81.0 Å². The molecular formula is C74H100N9O23+. The standard InChI is InChI=1S/C74H99N9O23/c1-47(2)67(79-65(85)17-22-96-24-25-98-26-27-99-28-29-100-30-31-101-33-35-106-105-34-32-97-23-18-75-64(84)16-19-80-66(86)38-50(5)70(80)89)69(88)77-51(6)68(87)78-53-14-12-52(13-15-53)46-104-74(93)83-58-42-63(61(95-8)40-56(58)72(91)82-45-49(4)37-59(82)73(83)92)103-21-11-9-10-20-102-62-41-57-55(39-60(62)94-7)71(90)81-44-48(3)36-54(81)43-76-57/h12-15,39-45,47,50-51,54,59,67H,9-11,16-38,46H2,1-8H3,(H4,75,77,78,79,84,85,87,88)/p+1/t50?,51-,54-,59-,67-/m0/s1. The van der Waals surface area contributed by atoms with E-state index in [0.29, 0.717) is 106 Å². The molecule has 8 rings (SSSR count). The lowest BCUT2D eigenvalue weighted by molar-refractivity contribution is -0.482. The number of aliphatic imine (C=N–C) groups is 1. The van der Waals surface area contributed by atoms with Crippen LogP contribution >= 0.6 is 0 Å². The van der Waals surface area contributed by atoms with Crippen LogP contribution in [-0.4, -0.2) is 242 Å². The SMILES string of the molecule is COc1cc2c(cc1OCCCCCOc1cc3c(cc1OC)C(O)=[N+]1C=C(C)C[C@H]1C(=O)N3C(=O)OCc1ccc(NC(=O)[C@H](C)NC(=O)[C@@H](NC(=O)CCOCCOCCOCCOCCOCCOOCCOCCNC(=O)CCN3C(=O)CC(C)C3=O)C(C)C)cc1)N=C[C@@H]1CC(C)=CN1C2=O. The van der Waals surface area contributed by atoms with Gasteiger partial charge >= 0.3 is 17.9 Å². The Labute approximate surface area is 616 Å². The molecule has 9 amide bonds. The normalized spacial score (nSPS) is 17.2. The number of likely N-dealkylation sites (tertiary alicyclic amines) is 1. The smallest absolute Gasteiger partial charge is 0.421 e. The number of imide groups is 2. The first-order valence-corrected chi connectivity index (χ1v) is 35.7. The maximum absolute atomic E-state index is 14.4. The van der Waals surface area contributed by atoms with E-state index in [0.717, 1.165) is 27.4 Å². The first-order valence-electron chi connectivity index (χ1n) is 35.7. The number of ether oxygens (including phenoxy) is 11. The molecule has 5 heterocycles. The number of fused-ring (bicyclic) bond motifs is 4. The molecule has 5 aliphatic heterocycles. The zero-order valence-corrected chi connectivity index (χ0v) is 61.6. The van der Waals surface area contributed by atoms with E-state index in [2.05, 4.69) is 26.3 Å². The van der Waals surface area contributed by atoms with E-state index in [1.165, 1.54) is 37.9 Å². The zero-order chi connectivity index (χ0) is 76.1. The third-order valence-electron chi connectivity index (χ3n) is 17.5. The summed E-state index contributed by atoms with van der Waals surface area (Å²) in [7, 11) is 2.96. The summed E-state index contributed by atoms with van der Waals surface area (Å²) >= 11 is 0. The Morgan fingerprint density at radius 3 is 1.83 bits per heavy atom. The van der Waals surface area contributed by atoms with E-state index in [1.807, 2.05) is 20.0 Å². The number of aliphatic hydroxyl groups is 1. The van der Waals surface area contributed by atoms with Crippen LogP contribution in [0.5, 0.6) is 23.0 Å². The Bertz CT molecular complexity index is 3670. The van der Waals surface area contributed by atoms with Gasteiger partial charge in [-0.05, 0) is 81.7 Å². The number of benzene rings is 3. The fourth-order valence-corrected chi connectivity index (χ4v) is 11.8. The molecule has 32 heteroatoms. The van der Waals surface area contributed by atoms with Gasteiger partial charge in [-0.1, -0.05) is 38.5 Å². The summed E-state index contributed by atoms with van der Waals surface area (Å²) in [6.07, 6.45) is 7.36. The van der Waals surface area contributed by atoms with Gasteiger partial charge in [0.05, 0.1) is 130 Å². The van der Waals surface area contributed by atoms with Crippen LogP contribution in [0.1, 0.15) is 114 Å². The quantitative estimate of drug-likeness (QED) is 0.0147. The van der Waals surface area contributed by atoms with E-state index < -0.39 is 47.8 Å². The lowest BCUT2D eigenvalue weighted by atomic mass is 10.0. The van der Waals surface area contributed by atoms with Gasteiger partial charge in [0.2, 0.25) is 41.5 Å². The highest BCUT2D eigenvalue weighted by atomic mass is 17.2. The number of carbonyl (C=O) groups is 9. The van der Waals surface area contributed by atoms with Gasteiger partial charge in [-0.25, -0.2) is 19.5 Å². The number of aliphatic hydroxyl groups excluding tert-OH is 1. The number of nitrogens with zero attached hydrogens (tertiary/aromatic N) is 5. The van der Waals surface area contributed by atoms with Crippen molar-refractivity contribution < 1.29 is 115 Å². The minimum absolute atomic E-state index is 0.0201. The number of nitrogens with one attached hydrogen (secondary N) is 4. The lowest BCUT2D eigenvalue weighted by Crippen LogP contribution is -2.53. The van der Waals surface area contributed by atoms with E-state index in [1.54, 1.807) is 74.5 Å². The molecule has 106 heavy (non-hydrogen) atoms. The molecule has 3 aromatic carbocycles. The molecule has 5 atom stereocenters. The topological polar surface area (TPSA) is 367 Å². The van der Waals surface area contributed by atoms with Crippen LogP contribution in [0.25, 0.3) is 0 Å². The Morgan fingerprint density at radius 1 is 0.632 bits per heavy atom. The van der Waals surface area contributed by atoms with Crippen LogP contribution in [-0.2, 0) is 83.1 Å². The molecule has 1 unspecified atom stereocenters. The molecule has 5 N–H and O–H groups in total. The third kappa shape index (κ3) is 24.1. The molecule has 0 saturated carbocycles. The van der Waals surface area contributed by atoms with E-state index in [-0.39, 0.29) is 168 Å². The Kier molecular flexibility index (Phi) is 32.6. The summed E-state index contributed by atoms with van der Waals surface area (Å²) in [4.78, 5) is 136. The minimum Gasteiger partial charge on any atom is -0.493 e. The van der Waals surface area contributed by atoms with Crippen LogP contribution < -0.4 is 45.1 Å². The molecular weight excluding hydrogens is 1380 g/mol. The second-order valence-corrected chi connectivity index (χ2v) is 26.1. The summed E-state index contributed by atoms with van der Waals surface area (Å²) < 4.78 is 63.8. The highest BCUT2D eigenvalue weighted by Crippen LogP contribution is 2.41. The average Bonchev–Trinajstić information content (AvgIpc) is 1.59. The van der Waals surface area contributed by atoms with Crippen LogP contribution in [0.3, 0.4) is 0 Å². The lowest BCUT2D eigenvalue weighted by Gasteiger charge is -2.24. The number of anilines is 2. The monoisotopic (exact) mass is 1480 g/mol. The molecule has 0 radical (unpaired) electrons. The van der Waals surface area contributed by atoms with E-state index >= 15 is 0 Å². The zero-order valence-electron chi connectivity index (χ0n) is 61.6. The minimum atomic E-state index is -1.01. The second kappa shape index (κ2) is 42.1. The summed E-state index contributed by atoms with van der Waals surface area (Å²) in [6, 6.07) is 9.73. The fourth-order valence-electron chi connectivity index (χ4n) is 11.8. The average molecular weight is 1480 g/mol.